The number of nitriles is 1. The fourth-order valence-electron chi connectivity index (χ4n) is 1.87. The minimum absolute atomic E-state index is 0.139. The van der Waals surface area contributed by atoms with E-state index in [4.69, 9.17) is 16.9 Å². The van der Waals surface area contributed by atoms with Crippen LogP contribution < -0.4 is 0 Å². The van der Waals surface area contributed by atoms with Gasteiger partial charge in [-0.15, -0.1) is 4.36 Å². The second-order valence-electron chi connectivity index (χ2n) is 4.18. The van der Waals surface area contributed by atoms with Crippen LogP contribution in [-0.4, -0.2) is 21.6 Å². The zero-order chi connectivity index (χ0) is 13.7. The molecule has 2 unspecified atom stereocenters. The third-order valence-corrected chi connectivity index (χ3v) is 4.52. The molecule has 6 heteroatoms. The first-order valence-corrected chi connectivity index (χ1v) is 7.55. The van der Waals surface area contributed by atoms with E-state index >= 15 is 0 Å². The van der Waals surface area contributed by atoms with Crippen molar-refractivity contribution in [3.05, 3.63) is 29.0 Å². The first-order chi connectivity index (χ1) is 8.47. The van der Waals surface area contributed by atoms with Crippen LogP contribution in [0.5, 0.6) is 0 Å². The van der Waals surface area contributed by atoms with Gasteiger partial charge in [-0.3, -0.25) is 0 Å². The van der Waals surface area contributed by atoms with Crippen LogP contribution in [0.1, 0.15) is 32.4 Å². The van der Waals surface area contributed by atoms with Crippen LogP contribution in [0.3, 0.4) is 0 Å². The van der Waals surface area contributed by atoms with Gasteiger partial charge in [0.05, 0.1) is 0 Å². The molecule has 0 aromatic carbocycles. The molecule has 0 amide bonds. The molecule has 0 aliphatic rings. The predicted molar refractivity (Wildman–Crippen MR) is 76.0 cm³/mol. The van der Waals surface area contributed by atoms with Crippen LogP contribution in [-0.2, 0) is 10.9 Å². The Bertz CT molecular complexity index is 464. The topological polar surface area (TPSA) is 52.3 Å². The van der Waals surface area contributed by atoms with Gasteiger partial charge in [-0.2, -0.15) is 5.26 Å². The molecule has 1 heterocycles. The Balaban J connectivity index is 3.04. The van der Waals surface area contributed by atoms with Crippen molar-refractivity contribution >= 4 is 22.5 Å². The molecule has 98 valence electrons. The lowest BCUT2D eigenvalue weighted by molar-refractivity contribution is 0.319. The highest BCUT2D eigenvalue weighted by Gasteiger charge is 2.21. The SMILES string of the molecule is CC(C)N(C(C)c1ccc(Cl)nc1)S(C)=NC#N. The van der Waals surface area contributed by atoms with Crippen LogP contribution in [0.2, 0.25) is 5.15 Å². The maximum absolute atomic E-state index is 8.69. The molecule has 0 radical (unpaired) electrons. The smallest absolute Gasteiger partial charge is 0.213 e. The Kier molecular flexibility index (Phi) is 5.73. The summed E-state index contributed by atoms with van der Waals surface area (Å²) in [6, 6.07) is 4.17. The number of nitrogens with zero attached hydrogens (tertiary/aromatic N) is 4. The quantitative estimate of drug-likeness (QED) is 0.629. The standard InChI is InChI=1S/C12H17ClN4S/c1-9(2)17(18(4)16-8-14)10(3)11-5-6-12(13)15-7-11/h5-7,9-10H,1-4H3. The Hall–Kier alpha value is -0.960. The fraction of sp³-hybridized carbons (Fsp3) is 0.500. The molecule has 0 saturated heterocycles. The summed E-state index contributed by atoms with van der Waals surface area (Å²) in [7, 11) is -0.437. The van der Waals surface area contributed by atoms with E-state index in [0.29, 0.717) is 11.2 Å². The lowest BCUT2D eigenvalue weighted by Crippen LogP contribution is -2.34. The van der Waals surface area contributed by atoms with Crippen LogP contribution in [0, 0.1) is 11.5 Å². The molecule has 1 aromatic heterocycles. The summed E-state index contributed by atoms with van der Waals surface area (Å²) in [5.74, 6) is 0. The van der Waals surface area contributed by atoms with E-state index in [1.54, 1.807) is 12.3 Å². The molecule has 0 N–H and O–H groups in total. The van der Waals surface area contributed by atoms with Gasteiger partial charge >= 0.3 is 0 Å². The van der Waals surface area contributed by atoms with Crippen molar-refractivity contribution in [2.24, 2.45) is 4.36 Å². The zero-order valence-corrected chi connectivity index (χ0v) is 12.5. The van der Waals surface area contributed by atoms with Crippen molar-refractivity contribution in [3.63, 3.8) is 0 Å². The van der Waals surface area contributed by atoms with E-state index in [0.717, 1.165) is 5.56 Å². The number of hydrogen-bond donors (Lipinski definition) is 0. The molecule has 0 spiro atoms. The summed E-state index contributed by atoms with van der Waals surface area (Å²) in [5, 5.41) is 9.18. The van der Waals surface area contributed by atoms with E-state index in [2.05, 4.69) is 34.4 Å². The van der Waals surface area contributed by atoms with Crippen molar-refractivity contribution in [1.82, 2.24) is 9.29 Å². The van der Waals surface area contributed by atoms with E-state index < -0.39 is 10.9 Å². The second-order valence-corrected chi connectivity index (χ2v) is 6.07. The number of rotatable bonds is 4. The van der Waals surface area contributed by atoms with Gasteiger partial charge < -0.3 is 0 Å². The molecule has 0 saturated carbocycles. The van der Waals surface area contributed by atoms with Crippen LogP contribution in [0.4, 0.5) is 0 Å². The zero-order valence-electron chi connectivity index (χ0n) is 11.0. The molecule has 1 aromatic rings. The predicted octanol–water partition coefficient (Wildman–Crippen LogP) is 3.33. The number of hydrogen-bond acceptors (Lipinski definition) is 3. The Morgan fingerprint density at radius 1 is 1.44 bits per heavy atom. The van der Waals surface area contributed by atoms with Crippen molar-refractivity contribution < 1.29 is 0 Å². The van der Waals surface area contributed by atoms with Gasteiger partial charge in [-0.05, 0) is 43.3 Å². The Labute approximate surface area is 116 Å². The van der Waals surface area contributed by atoms with Crippen LogP contribution in [0.15, 0.2) is 22.7 Å². The minimum atomic E-state index is -0.437. The minimum Gasteiger partial charge on any atom is -0.244 e. The third-order valence-electron chi connectivity index (χ3n) is 2.60. The lowest BCUT2D eigenvalue weighted by atomic mass is 10.1. The van der Waals surface area contributed by atoms with Crippen molar-refractivity contribution in [2.45, 2.75) is 32.9 Å². The van der Waals surface area contributed by atoms with E-state index in [1.807, 2.05) is 18.5 Å². The number of pyridine rings is 1. The van der Waals surface area contributed by atoms with Gasteiger partial charge in [-0.1, -0.05) is 17.7 Å². The highest BCUT2D eigenvalue weighted by Crippen LogP contribution is 2.24. The van der Waals surface area contributed by atoms with Gasteiger partial charge in [0.1, 0.15) is 5.15 Å². The van der Waals surface area contributed by atoms with Crippen molar-refractivity contribution in [1.29, 1.82) is 5.26 Å². The van der Waals surface area contributed by atoms with Crippen molar-refractivity contribution in [3.8, 4) is 6.19 Å². The van der Waals surface area contributed by atoms with Gasteiger partial charge in [0, 0.05) is 24.5 Å². The number of aromatic nitrogens is 1. The average molecular weight is 285 g/mol. The number of halogens is 1. The largest absolute Gasteiger partial charge is 0.244 e. The molecule has 2 atom stereocenters. The highest BCUT2D eigenvalue weighted by atomic mass is 35.5. The molecule has 18 heavy (non-hydrogen) atoms. The molecular weight excluding hydrogens is 268 g/mol. The van der Waals surface area contributed by atoms with Gasteiger partial charge in [-0.25, -0.2) is 9.29 Å². The van der Waals surface area contributed by atoms with E-state index in [9.17, 15) is 0 Å². The van der Waals surface area contributed by atoms with E-state index in [-0.39, 0.29) is 6.04 Å². The first-order valence-electron chi connectivity index (χ1n) is 5.63. The molecule has 4 nitrogen and oxygen atoms in total. The van der Waals surface area contributed by atoms with Crippen LogP contribution in [0.25, 0.3) is 0 Å². The van der Waals surface area contributed by atoms with Crippen molar-refractivity contribution in [2.75, 3.05) is 6.26 Å². The maximum Gasteiger partial charge on any atom is 0.213 e. The molecule has 0 aliphatic carbocycles. The molecule has 1 rings (SSSR count). The molecular formula is C12H17ClN4S. The normalized spacial score (nSPS) is 14.8. The molecule has 0 fully saturated rings. The third kappa shape index (κ3) is 3.77. The highest BCUT2D eigenvalue weighted by molar-refractivity contribution is 7.84. The lowest BCUT2D eigenvalue weighted by Gasteiger charge is -2.32. The summed E-state index contributed by atoms with van der Waals surface area (Å²) in [6.45, 7) is 6.27. The summed E-state index contributed by atoms with van der Waals surface area (Å²) in [4.78, 5) is 4.09. The Morgan fingerprint density at radius 2 is 2.11 bits per heavy atom. The summed E-state index contributed by atoms with van der Waals surface area (Å²) in [6.07, 6.45) is 5.59. The first kappa shape index (κ1) is 15.1. The van der Waals surface area contributed by atoms with Crippen LogP contribution >= 0.6 is 11.6 Å². The average Bonchev–Trinajstić information content (AvgIpc) is 2.29. The summed E-state index contributed by atoms with van der Waals surface area (Å²) < 4.78 is 6.11. The molecule has 0 aliphatic heterocycles. The van der Waals surface area contributed by atoms with E-state index in [1.165, 1.54) is 0 Å². The Morgan fingerprint density at radius 3 is 2.56 bits per heavy atom. The van der Waals surface area contributed by atoms with Gasteiger partial charge in [0.15, 0.2) is 0 Å². The summed E-state index contributed by atoms with van der Waals surface area (Å²) >= 11 is 5.79. The summed E-state index contributed by atoms with van der Waals surface area (Å²) in [5.41, 5.74) is 1.07. The maximum atomic E-state index is 8.69. The second kappa shape index (κ2) is 6.83. The van der Waals surface area contributed by atoms with Gasteiger partial charge in [0.2, 0.25) is 6.19 Å². The van der Waals surface area contributed by atoms with Gasteiger partial charge in [0.25, 0.3) is 0 Å². The fourth-order valence-corrected chi connectivity index (χ4v) is 3.38. The molecule has 0 bridgehead atoms. The monoisotopic (exact) mass is 284 g/mol.